The van der Waals surface area contributed by atoms with Crippen LogP contribution in [0.5, 0.6) is 0 Å². The molecule has 0 fully saturated rings. The van der Waals surface area contributed by atoms with Gasteiger partial charge in [0.05, 0.1) is 0 Å². The lowest BCUT2D eigenvalue weighted by atomic mass is 10.2. The molecule has 0 saturated carbocycles. The predicted molar refractivity (Wildman–Crippen MR) is 56.0 cm³/mol. The lowest BCUT2D eigenvalue weighted by Gasteiger charge is -2.19. The van der Waals surface area contributed by atoms with Crippen molar-refractivity contribution in [3.8, 4) is 0 Å². The summed E-state index contributed by atoms with van der Waals surface area (Å²) in [5.74, 6) is 0.473. The average molecular weight is 200 g/mol. The normalized spacial score (nSPS) is 10.9. The Morgan fingerprint density at radius 1 is 1.36 bits per heavy atom. The Kier molecular flexibility index (Phi) is 5.28. The van der Waals surface area contributed by atoms with Crippen molar-refractivity contribution >= 4 is 6.16 Å². The van der Waals surface area contributed by atoms with E-state index in [0.717, 1.165) is 12.8 Å². The summed E-state index contributed by atoms with van der Waals surface area (Å²) in [5.41, 5.74) is -0.512. The second-order valence-corrected chi connectivity index (χ2v) is 4.21. The first-order chi connectivity index (χ1) is 6.35. The van der Waals surface area contributed by atoms with Gasteiger partial charge in [-0.05, 0) is 27.2 Å². The summed E-state index contributed by atoms with van der Waals surface area (Å²) in [6, 6.07) is 0. The molecule has 0 amide bonds. The second kappa shape index (κ2) is 5.68. The number of hydrogen-bond donors (Lipinski definition) is 0. The van der Waals surface area contributed by atoms with Crippen LogP contribution in [0, 0.1) is 0 Å². The molecule has 0 N–H and O–H groups in total. The van der Waals surface area contributed by atoms with Crippen molar-refractivity contribution < 1.29 is 14.3 Å². The molecule has 0 rings (SSSR count). The summed E-state index contributed by atoms with van der Waals surface area (Å²) in [6.07, 6.45) is 2.06. The van der Waals surface area contributed by atoms with Gasteiger partial charge in [0, 0.05) is 6.42 Å². The number of unbranched alkanes of at least 4 members (excludes halogenated alkanes) is 1. The van der Waals surface area contributed by atoms with Gasteiger partial charge < -0.3 is 9.47 Å². The molecule has 0 aliphatic rings. The first-order valence-electron chi connectivity index (χ1n) is 4.93. The lowest BCUT2D eigenvalue weighted by molar-refractivity contribution is 0.00543. The van der Waals surface area contributed by atoms with E-state index in [-0.39, 0.29) is 0 Å². The number of ether oxygens (including phenoxy) is 2. The Bertz CT molecular complexity index is 201. The fraction of sp³-hybridized carbons (Fsp3) is 0.727. The molecule has 0 aromatic heterocycles. The second-order valence-electron chi connectivity index (χ2n) is 4.21. The summed E-state index contributed by atoms with van der Waals surface area (Å²) in [6.45, 7) is 11.1. The van der Waals surface area contributed by atoms with Crippen molar-refractivity contribution in [3.05, 3.63) is 12.3 Å². The van der Waals surface area contributed by atoms with Crippen molar-refractivity contribution in [2.45, 2.75) is 52.6 Å². The first-order valence-corrected chi connectivity index (χ1v) is 4.93. The van der Waals surface area contributed by atoms with Crippen molar-refractivity contribution in [2.24, 2.45) is 0 Å². The van der Waals surface area contributed by atoms with Crippen LogP contribution in [0.4, 0.5) is 4.79 Å². The third-order valence-electron chi connectivity index (χ3n) is 1.43. The van der Waals surface area contributed by atoms with Gasteiger partial charge in [-0.2, -0.15) is 0 Å². The predicted octanol–water partition coefficient (Wildman–Crippen LogP) is 3.64. The molecule has 3 heteroatoms. The van der Waals surface area contributed by atoms with Gasteiger partial charge in [-0.3, -0.25) is 0 Å². The fourth-order valence-corrected chi connectivity index (χ4v) is 0.814. The Balaban J connectivity index is 3.78. The van der Waals surface area contributed by atoms with Gasteiger partial charge >= 0.3 is 6.16 Å². The van der Waals surface area contributed by atoms with E-state index in [9.17, 15) is 4.79 Å². The summed E-state index contributed by atoms with van der Waals surface area (Å²) >= 11 is 0. The van der Waals surface area contributed by atoms with Crippen LogP contribution in [0.2, 0.25) is 0 Å². The van der Waals surface area contributed by atoms with Gasteiger partial charge in [-0.25, -0.2) is 4.79 Å². The topological polar surface area (TPSA) is 35.5 Å². The third-order valence-corrected chi connectivity index (χ3v) is 1.43. The number of carbonyl (C=O) groups excluding carboxylic acids is 1. The lowest BCUT2D eigenvalue weighted by Crippen LogP contribution is -2.24. The van der Waals surface area contributed by atoms with Crippen molar-refractivity contribution in [1.82, 2.24) is 0 Å². The van der Waals surface area contributed by atoms with Crippen molar-refractivity contribution in [2.75, 3.05) is 0 Å². The van der Waals surface area contributed by atoms with Gasteiger partial charge in [-0.1, -0.05) is 19.9 Å². The van der Waals surface area contributed by atoms with Crippen LogP contribution in [0.15, 0.2) is 12.3 Å². The van der Waals surface area contributed by atoms with E-state index in [1.54, 1.807) is 20.8 Å². The first kappa shape index (κ1) is 13.0. The highest BCUT2D eigenvalue weighted by atomic mass is 16.7. The van der Waals surface area contributed by atoms with Crippen molar-refractivity contribution in [1.29, 1.82) is 0 Å². The molecule has 0 unspecified atom stereocenters. The minimum absolute atomic E-state index is 0.473. The Labute approximate surface area is 86.1 Å². The van der Waals surface area contributed by atoms with Crippen LogP contribution >= 0.6 is 0 Å². The van der Waals surface area contributed by atoms with Gasteiger partial charge in [0.25, 0.3) is 0 Å². The number of carbonyl (C=O) groups is 1. The molecular formula is C11H20O3. The highest BCUT2D eigenvalue weighted by Gasteiger charge is 2.17. The van der Waals surface area contributed by atoms with E-state index in [1.807, 2.05) is 0 Å². The maximum Gasteiger partial charge on any atom is 0.514 e. The maximum atomic E-state index is 11.1. The molecule has 14 heavy (non-hydrogen) atoms. The molecule has 0 heterocycles. The molecule has 3 nitrogen and oxygen atoms in total. The maximum absolute atomic E-state index is 11.1. The molecule has 0 saturated heterocycles. The van der Waals surface area contributed by atoms with E-state index >= 15 is 0 Å². The molecule has 0 aromatic rings. The molecule has 0 aliphatic heterocycles. The Hall–Kier alpha value is -0.990. The zero-order chi connectivity index (χ0) is 11.2. The SMILES string of the molecule is C=C(CCCC)OC(=O)OC(C)(C)C. The van der Waals surface area contributed by atoms with Crippen LogP contribution in [-0.4, -0.2) is 11.8 Å². The number of allylic oxidation sites excluding steroid dienone is 1. The summed E-state index contributed by atoms with van der Waals surface area (Å²) in [5, 5.41) is 0. The van der Waals surface area contributed by atoms with E-state index in [4.69, 9.17) is 9.47 Å². The number of hydrogen-bond acceptors (Lipinski definition) is 3. The van der Waals surface area contributed by atoms with Crippen LogP contribution in [0.1, 0.15) is 47.0 Å². The Morgan fingerprint density at radius 3 is 2.36 bits per heavy atom. The fourth-order valence-electron chi connectivity index (χ4n) is 0.814. The smallest absolute Gasteiger partial charge is 0.428 e. The zero-order valence-electron chi connectivity index (χ0n) is 9.55. The van der Waals surface area contributed by atoms with Gasteiger partial charge in [-0.15, -0.1) is 0 Å². The third kappa shape index (κ3) is 7.65. The minimum atomic E-state index is -0.668. The van der Waals surface area contributed by atoms with E-state index < -0.39 is 11.8 Å². The highest BCUT2D eigenvalue weighted by Crippen LogP contribution is 2.12. The summed E-state index contributed by atoms with van der Waals surface area (Å²) < 4.78 is 9.84. The van der Waals surface area contributed by atoms with Crippen LogP contribution < -0.4 is 0 Å². The monoisotopic (exact) mass is 200 g/mol. The summed E-state index contributed by atoms with van der Waals surface area (Å²) in [7, 11) is 0. The van der Waals surface area contributed by atoms with E-state index in [0.29, 0.717) is 12.2 Å². The van der Waals surface area contributed by atoms with E-state index in [1.165, 1.54) is 0 Å². The molecule has 82 valence electrons. The van der Waals surface area contributed by atoms with Crippen LogP contribution in [0.25, 0.3) is 0 Å². The molecular weight excluding hydrogens is 180 g/mol. The van der Waals surface area contributed by atoms with Crippen LogP contribution in [-0.2, 0) is 9.47 Å². The van der Waals surface area contributed by atoms with Gasteiger partial charge in [0.15, 0.2) is 0 Å². The minimum Gasteiger partial charge on any atom is -0.428 e. The van der Waals surface area contributed by atoms with Gasteiger partial charge in [0.1, 0.15) is 11.4 Å². The molecule has 0 spiro atoms. The molecule has 0 bridgehead atoms. The molecule has 0 radical (unpaired) electrons. The van der Waals surface area contributed by atoms with E-state index in [2.05, 4.69) is 13.5 Å². The molecule has 0 aliphatic carbocycles. The zero-order valence-corrected chi connectivity index (χ0v) is 9.55. The highest BCUT2D eigenvalue weighted by molar-refractivity contribution is 5.61. The molecule has 0 aromatic carbocycles. The number of rotatable bonds is 4. The standard InChI is InChI=1S/C11H20O3/c1-6-7-8-9(2)13-10(12)14-11(3,4)5/h2,6-8H2,1,3-5H3. The van der Waals surface area contributed by atoms with Crippen molar-refractivity contribution in [3.63, 3.8) is 0 Å². The average Bonchev–Trinajstić information content (AvgIpc) is 1.96. The quantitative estimate of drug-likeness (QED) is 0.513. The Morgan fingerprint density at radius 2 is 1.93 bits per heavy atom. The van der Waals surface area contributed by atoms with Crippen LogP contribution in [0.3, 0.4) is 0 Å². The molecule has 0 atom stereocenters. The summed E-state index contributed by atoms with van der Waals surface area (Å²) in [4.78, 5) is 11.1. The van der Waals surface area contributed by atoms with Gasteiger partial charge in [0.2, 0.25) is 0 Å². The largest absolute Gasteiger partial charge is 0.514 e.